The predicted molar refractivity (Wildman–Crippen MR) is 93.1 cm³/mol. The molecule has 0 bridgehead atoms. The van der Waals surface area contributed by atoms with Gasteiger partial charge in [0, 0.05) is 34.1 Å². The van der Waals surface area contributed by atoms with Gasteiger partial charge in [-0.2, -0.15) is 0 Å². The maximum atomic E-state index is 12.1. The number of aromatic nitrogens is 2. The van der Waals surface area contributed by atoms with Gasteiger partial charge >= 0.3 is 0 Å². The van der Waals surface area contributed by atoms with E-state index in [2.05, 4.69) is 22.4 Å². The third-order valence-electron chi connectivity index (χ3n) is 4.99. The molecular weight excluding hydrogens is 318 g/mol. The minimum absolute atomic E-state index is 0.141. The van der Waals surface area contributed by atoms with Crippen LogP contribution < -0.4 is 10.1 Å². The SMILES string of the molecule is Cc1c(CNC(=O)C2(C)CC2)[nH]c2cc(OCc3ccon3)ccc12. The molecular formula is C19H21N3O3. The largest absolute Gasteiger partial charge is 0.487 e. The summed E-state index contributed by atoms with van der Waals surface area (Å²) in [5.74, 6) is 0.903. The number of benzene rings is 1. The summed E-state index contributed by atoms with van der Waals surface area (Å²) in [5, 5.41) is 8.01. The van der Waals surface area contributed by atoms with Gasteiger partial charge in [0.05, 0.1) is 6.54 Å². The normalized spacial score (nSPS) is 15.3. The summed E-state index contributed by atoms with van der Waals surface area (Å²) >= 11 is 0. The minimum atomic E-state index is -0.151. The topological polar surface area (TPSA) is 80.2 Å². The van der Waals surface area contributed by atoms with Crippen molar-refractivity contribution in [1.29, 1.82) is 0 Å². The van der Waals surface area contributed by atoms with Crippen molar-refractivity contribution >= 4 is 16.8 Å². The number of carbonyl (C=O) groups excluding carboxylic acids is 1. The van der Waals surface area contributed by atoms with Gasteiger partial charge in [-0.3, -0.25) is 4.79 Å². The van der Waals surface area contributed by atoms with Crippen LogP contribution in [0.5, 0.6) is 5.75 Å². The van der Waals surface area contributed by atoms with Gasteiger partial charge < -0.3 is 19.6 Å². The number of H-pyrrole nitrogens is 1. The molecule has 1 aliphatic rings. The summed E-state index contributed by atoms with van der Waals surface area (Å²) in [5.41, 5.74) is 3.78. The van der Waals surface area contributed by atoms with Crippen molar-refractivity contribution < 1.29 is 14.1 Å². The van der Waals surface area contributed by atoms with Crippen molar-refractivity contribution in [2.45, 2.75) is 39.8 Å². The first-order chi connectivity index (χ1) is 12.0. The van der Waals surface area contributed by atoms with Gasteiger partial charge in [0.25, 0.3) is 0 Å². The number of nitrogens with zero attached hydrogens (tertiary/aromatic N) is 1. The zero-order valence-electron chi connectivity index (χ0n) is 14.4. The molecule has 1 aromatic carbocycles. The quantitative estimate of drug-likeness (QED) is 0.721. The van der Waals surface area contributed by atoms with Gasteiger partial charge in [0.1, 0.15) is 24.3 Å². The van der Waals surface area contributed by atoms with Gasteiger partial charge in [-0.15, -0.1) is 0 Å². The monoisotopic (exact) mass is 339 g/mol. The van der Waals surface area contributed by atoms with E-state index >= 15 is 0 Å². The Labute approximate surface area is 145 Å². The van der Waals surface area contributed by atoms with Crippen LogP contribution >= 0.6 is 0 Å². The lowest BCUT2D eigenvalue weighted by Gasteiger charge is -2.09. The molecule has 0 radical (unpaired) electrons. The van der Waals surface area contributed by atoms with E-state index in [9.17, 15) is 4.79 Å². The zero-order valence-corrected chi connectivity index (χ0v) is 14.4. The Bertz CT molecular complexity index is 908. The molecule has 4 rings (SSSR count). The third-order valence-corrected chi connectivity index (χ3v) is 4.99. The summed E-state index contributed by atoms with van der Waals surface area (Å²) in [6.07, 6.45) is 3.49. The van der Waals surface area contributed by atoms with Gasteiger partial charge in [-0.05, 0) is 37.5 Å². The number of amides is 1. The number of ether oxygens (including phenoxy) is 1. The van der Waals surface area contributed by atoms with Gasteiger partial charge in [-0.1, -0.05) is 12.1 Å². The molecule has 0 atom stereocenters. The zero-order chi connectivity index (χ0) is 17.4. The molecule has 1 amide bonds. The Kier molecular flexibility index (Phi) is 3.75. The number of nitrogens with one attached hydrogen (secondary N) is 2. The van der Waals surface area contributed by atoms with Crippen LogP contribution in [0.3, 0.4) is 0 Å². The Morgan fingerprint density at radius 3 is 2.96 bits per heavy atom. The maximum Gasteiger partial charge on any atom is 0.226 e. The summed E-state index contributed by atoms with van der Waals surface area (Å²) in [6, 6.07) is 7.72. The smallest absolute Gasteiger partial charge is 0.226 e. The van der Waals surface area contributed by atoms with Crippen molar-refractivity contribution in [3.63, 3.8) is 0 Å². The molecule has 6 nitrogen and oxygen atoms in total. The number of rotatable bonds is 6. The fraction of sp³-hybridized carbons (Fsp3) is 0.368. The molecule has 130 valence electrons. The Morgan fingerprint density at radius 2 is 2.24 bits per heavy atom. The maximum absolute atomic E-state index is 12.1. The molecule has 2 aromatic heterocycles. The first-order valence-electron chi connectivity index (χ1n) is 8.47. The Balaban J connectivity index is 1.47. The van der Waals surface area contributed by atoms with Crippen LogP contribution in [0.2, 0.25) is 0 Å². The van der Waals surface area contributed by atoms with E-state index in [0.717, 1.165) is 46.4 Å². The number of carbonyl (C=O) groups is 1. The van der Waals surface area contributed by atoms with E-state index < -0.39 is 0 Å². The van der Waals surface area contributed by atoms with Crippen LogP contribution in [0, 0.1) is 12.3 Å². The molecule has 1 fully saturated rings. The fourth-order valence-corrected chi connectivity index (χ4v) is 2.91. The van der Waals surface area contributed by atoms with Gasteiger partial charge in [0.15, 0.2) is 0 Å². The highest BCUT2D eigenvalue weighted by Crippen LogP contribution is 2.45. The van der Waals surface area contributed by atoms with Crippen molar-refractivity contribution in [1.82, 2.24) is 15.5 Å². The second-order valence-electron chi connectivity index (χ2n) is 6.96. The fourth-order valence-electron chi connectivity index (χ4n) is 2.91. The molecule has 6 heteroatoms. The van der Waals surface area contributed by atoms with Crippen LogP contribution in [0.1, 0.15) is 36.7 Å². The number of aromatic amines is 1. The molecule has 1 saturated carbocycles. The average molecular weight is 339 g/mol. The molecule has 1 aliphatic carbocycles. The van der Waals surface area contributed by atoms with Crippen LogP contribution in [0.15, 0.2) is 35.1 Å². The first-order valence-corrected chi connectivity index (χ1v) is 8.47. The standard InChI is InChI=1S/C19H21N3O3/c1-12-15-4-3-14(24-11-13-5-8-25-22-13)9-16(15)21-17(12)10-20-18(23)19(2)6-7-19/h3-5,8-9,21H,6-7,10-11H2,1-2H3,(H,20,23). The molecule has 3 aromatic rings. The number of hydrogen-bond donors (Lipinski definition) is 2. The van der Waals surface area contributed by atoms with Gasteiger partial charge in [-0.25, -0.2) is 0 Å². The highest BCUT2D eigenvalue weighted by Gasteiger charge is 2.44. The van der Waals surface area contributed by atoms with Crippen LogP contribution in [-0.2, 0) is 17.9 Å². The van der Waals surface area contributed by atoms with E-state index in [1.165, 1.54) is 6.26 Å². The lowest BCUT2D eigenvalue weighted by Crippen LogP contribution is -2.30. The van der Waals surface area contributed by atoms with E-state index in [1.807, 2.05) is 25.1 Å². The minimum Gasteiger partial charge on any atom is -0.487 e. The third kappa shape index (κ3) is 3.12. The second-order valence-corrected chi connectivity index (χ2v) is 6.96. The van der Waals surface area contributed by atoms with Crippen LogP contribution in [-0.4, -0.2) is 16.0 Å². The molecule has 2 N–H and O–H groups in total. The number of aryl methyl sites for hydroxylation is 1. The molecule has 0 spiro atoms. The summed E-state index contributed by atoms with van der Waals surface area (Å²) in [7, 11) is 0. The van der Waals surface area contributed by atoms with E-state index in [4.69, 9.17) is 9.26 Å². The number of hydrogen-bond acceptors (Lipinski definition) is 4. The van der Waals surface area contributed by atoms with E-state index in [-0.39, 0.29) is 11.3 Å². The lowest BCUT2D eigenvalue weighted by molar-refractivity contribution is -0.125. The Morgan fingerprint density at radius 1 is 1.40 bits per heavy atom. The van der Waals surface area contributed by atoms with Crippen LogP contribution in [0.25, 0.3) is 10.9 Å². The molecule has 0 unspecified atom stereocenters. The average Bonchev–Trinajstić information content (AvgIpc) is 3.05. The van der Waals surface area contributed by atoms with Crippen LogP contribution in [0.4, 0.5) is 0 Å². The molecule has 2 heterocycles. The number of fused-ring (bicyclic) bond motifs is 1. The highest BCUT2D eigenvalue weighted by atomic mass is 16.5. The van der Waals surface area contributed by atoms with Crippen molar-refractivity contribution in [3.8, 4) is 5.75 Å². The van der Waals surface area contributed by atoms with E-state index in [0.29, 0.717) is 13.2 Å². The molecule has 0 saturated heterocycles. The summed E-state index contributed by atoms with van der Waals surface area (Å²) < 4.78 is 10.5. The molecule has 0 aliphatic heterocycles. The summed E-state index contributed by atoms with van der Waals surface area (Å²) in [4.78, 5) is 15.5. The highest BCUT2D eigenvalue weighted by molar-refractivity contribution is 5.87. The lowest BCUT2D eigenvalue weighted by atomic mass is 10.1. The van der Waals surface area contributed by atoms with Crippen molar-refractivity contribution in [2.24, 2.45) is 5.41 Å². The van der Waals surface area contributed by atoms with Crippen molar-refractivity contribution in [3.05, 3.63) is 47.5 Å². The van der Waals surface area contributed by atoms with Crippen molar-refractivity contribution in [2.75, 3.05) is 0 Å². The first kappa shape index (κ1) is 15.7. The summed E-state index contributed by atoms with van der Waals surface area (Å²) in [6.45, 7) is 4.96. The van der Waals surface area contributed by atoms with E-state index in [1.54, 1.807) is 6.07 Å². The van der Waals surface area contributed by atoms with Gasteiger partial charge in [0.2, 0.25) is 5.91 Å². The predicted octanol–water partition coefficient (Wildman–Crippen LogP) is 3.46. The Hall–Kier alpha value is -2.76. The molecule has 25 heavy (non-hydrogen) atoms. The second kappa shape index (κ2) is 5.95.